The van der Waals surface area contributed by atoms with Crippen molar-refractivity contribution in [2.45, 2.75) is 51.1 Å². The lowest BCUT2D eigenvalue weighted by Gasteiger charge is -2.40. The smallest absolute Gasteiger partial charge is 0.0244 e. The maximum Gasteiger partial charge on any atom is 0.0244 e. The first-order valence-electron chi connectivity index (χ1n) is 6.97. The summed E-state index contributed by atoms with van der Waals surface area (Å²) in [5.41, 5.74) is 6.11. The van der Waals surface area contributed by atoms with Gasteiger partial charge in [-0.15, -0.1) is 24.8 Å². The van der Waals surface area contributed by atoms with Crippen LogP contribution in [0.5, 0.6) is 0 Å². The molecule has 0 amide bonds. The normalized spacial score (nSPS) is 28.0. The van der Waals surface area contributed by atoms with Gasteiger partial charge in [-0.05, 0) is 58.2 Å². The van der Waals surface area contributed by atoms with Crippen LogP contribution in [0.3, 0.4) is 0 Å². The lowest BCUT2D eigenvalue weighted by atomic mass is 9.92. The first-order valence-corrected chi connectivity index (χ1v) is 6.97. The van der Waals surface area contributed by atoms with Gasteiger partial charge < -0.3 is 11.1 Å². The second-order valence-corrected chi connectivity index (χ2v) is 5.61. The molecule has 0 aliphatic carbocycles. The molecule has 0 aromatic carbocycles. The van der Waals surface area contributed by atoms with Crippen molar-refractivity contribution in [3.63, 3.8) is 0 Å². The minimum absolute atomic E-state index is 0. The van der Waals surface area contributed by atoms with E-state index in [9.17, 15) is 0 Å². The Bertz CT molecular complexity index is 208. The number of likely N-dealkylation sites (tertiary alicyclic amines) is 1. The molecular formula is C13H29Cl2N3. The summed E-state index contributed by atoms with van der Waals surface area (Å²) in [6.45, 7) is 7.15. The molecule has 2 rings (SSSR count). The lowest BCUT2D eigenvalue weighted by molar-refractivity contribution is 0.102. The summed E-state index contributed by atoms with van der Waals surface area (Å²) in [5, 5.41) is 3.44. The largest absolute Gasteiger partial charge is 0.327 e. The average Bonchev–Trinajstić information content (AvgIpc) is 2.31. The molecular weight excluding hydrogens is 269 g/mol. The van der Waals surface area contributed by atoms with Crippen LogP contribution >= 0.6 is 24.8 Å². The molecule has 2 heterocycles. The highest BCUT2D eigenvalue weighted by Crippen LogP contribution is 2.22. The van der Waals surface area contributed by atoms with Gasteiger partial charge in [0.1, 0.15) is 0 Å². The quantitative estimate of drug-likeness (QED) is 0.838. The van der Waals surface area contributed by atoms with E-state index in [0.717, 1.165) is 5.92 Å². The second-order valence-electron chi connectivity index (χ2n) is 5.61. The van der Waals surface area contributed by atoms with Crippen molar-refractivity contribution in [1.82, 2.24) is 10.2 Å². The highest BCUT2D eigenvalue weighted by atomic mass is 35.5. The van der Waals surface area contributed by atoms with E-state index in [4.69, 9.17) is 5.73 Å². The number of halogens is 2. The summed E-state index contributed by atoms with van der Waals surface area (Å²) < 4.78 is 0. The van der Waals surface area contributed by atoms with Crippen LogP contribution < -0.4 is 11.1 Å². The Hall–Kier alpha value is 0.460. The lowest BCUT2D eigenvalue weighted by Crippen LogP contribution is -2.51. The van der Waals surface area contributed by atoms with Crippen molar-refractivity contribution >= 4 is 24.8 Å². The highest BCUT2D eigenvalue weighted by Gasteiger charge is 2.27. The molecule has 3 N–H and O–H groups in total. The standard InChI is InChI=1S/C13H27N3.2ClH/c1-11(14)13-4-2-3-9-16(13)10-12-5-7-15-8-6-12;;/h11-13,15H,2-10,14H2,1H3;2*1H. The Morgan fingerprint density at radius 2 is 1.83 bits per heavy atom. The third-order valence-electron chi connectivity index (χ3n) is 4.22. The molecule has 0 spiro atoms. The Morgan fingerprint density at radius 1 is 1.17 bits per heavy atom. The fraction of sp³-hybridized carbons (Fsp3) is 1.00. The summed E-state index contributed by atoms with van der Waals surface area (Å²) >= 11 is 0. The van der Waals surface area contributed by atoms with Crippen molar-refractivity contribution in [2.75, 3.05) is 26.2 Å². The van der Waals surface area contributed by atoms with E-state index in [1.165, 1.54) is 58.3 Å². The molecule has 0 aromatic heterocycles. The van der Waals surface area contributed by atoms with Gasteiger partial charge in [-0.2, -0.15) is 0 Å². The highest BCUT2D eigenvalue weighted by molar-refractivity contribution is 5.85. The fourth-order valence-corrected chi connectivity index (χ4v) is 3.23. The predicted octanol–water partition coefficient (Wildman–Crippen LogP) is 2.03. The number of nitrogens with one attached hydrogen (secondary N) is 1. The van der Waals surface area contributed by atoms with E-state index in [1.54, 1.807) is 0 Å². The molecule has 2 aliphatic heterocycles. The Morgan fingerprint density at radius 3 is 2.44 bits per heavy atom. The maximum atomic E-state index is 6.11. The van der Waals surface area contributed by atoms with Gasteiger partial charge in [-0.1, -0.05) is 6.42 Å². The molecule has 5 heteroatoms. The topological polar surface area (TPSA) is 41.3 Å². The van der Waals surface area contributed by atoms with Crippen LogP contribution in [0.15, 0.2) is 0 Å². The number of nitrogens with zero attached hydrogens (tertiary/aromatic N) is 1. The van der Waals surface area contributed by atoms with Crippen molar-refractivity contribution in [3.8, 4) is 0 Å². The number of hydrogen-bond donors (Lipinski definition) is 2. The average molecular weight is 298 g/mol. The Kier molecular flexibility index (Phi) is 9.62. The van der Waals surface area contributed by atoms with Gasteiger partial charge in [0.25, 0.3) is 0 Å². The zero-order valence-electron chi connectivity index (χ0n) is 11.4. The first kappa shape index (κ1) is 18.5. The number of hydrogen-bond acceptors (Lipinski definition) is 3. The van der Waals surface area contributed by atoms with E-state index >= 15 is 0 Å². The third kappa shape index (κ3) is 5.22. The van der Waals surface area contributed by atoms with Crippen LogP contribution in [0.25, 0.3) is 0 Å². The van der Waals surface area contributed by atoms with Gasteiger partial charge in [-0.3, -0.25) is 4.90 Å². The number of rotatable bonds is 3. The van der Waals surface area contributed by atoms with Crippen molar-refractivity contribution in [2.24, 2.45) is 11.7 Å². The number of nitrogens with two attached hydrogens (primary N) is 1. The molecule has 2 fully saturated rings. The molecule has 18 heavy (non-hydrogen) atoms. The van der Waals surface area contributed by atoms with Crippen LogP contribution in [-0.2, 0) is 0 Å². The molecule has 0 bridgehead atoms. The molecule has 2 saturated heterocycles. The van der Waals surface area contributed by atoms with E-state index in [1.807, 2.05) is 0 Å². The van der Waals surface area contributed by atoms with Crippen molar-refractivity contribution in [3.05, 3.63) is 0 Å². The summed E-state index contributed by atoms with van der Waals surface area (Å²) in [6.07, 6.45) is 6.75. The predicted molar refractivity (Wildman–Crippen MR) is 83.0 cm³/mol. The zero-order valence-corrected chi connectivity index (χ0v) is 13.1. The molecule has 0 saturated carbocycles. The van der Waals surface area contributed by atoms with Gasteiger partial charge in [0, 0.05) is 18.6 Å². The summed E-state index contributed by atoms with van der Waals surface area (Å²) in [4.78, 5) is 2.67. The molecule has 2 aliphatic rings. The molecule has 0 aromatic rings. The Labute approximate surface area is 124 Å². The van der Waals surface area contributed by atoms with Gasteiger partial charge in [0.2, 0.25) is 0 Å². The molecule has 0 radical (unpaired) electrons. The summed E-state index contributed by atoms with van der Waals surface area (Å²) in [5.74, 6) is 0.903. The number of piperidine rings is 2. The third-order valence-corrected chi connectivity index (χ3v) is 4.22. The van der Waals surface area contributed by atoms with Gasteiger partial charge >= 0.3 is 0 Å². The minimum atomic E-state index is 0. The SMILES string of the molecule is CC(N)C1CCCCN1CC1CCNCC1.Cl.Cl. The van der Waals surface area contributed by atoms with Gasteiger partial charge in [0.15, 0.2) is 0 Å². The summed E-state index contributed by atoms with van der Waals surface area (Å²) in [7, 11) is 0. The van der Waals surface area contributed by atoms with Crippen molar-refractivity contribution in [1.29, 1.82) is 0 Å². The minimum Gasteiger partial charge on any atom is -0.327 e. The van der Waals surface area contributed by atoms with E-state index in [-0.39, 0.29) is 24.8 Å². The van der Waals surface area contributed by atoms with Crippen LogP contribution in [0, 0.1) is 5.92 Å². The summed E-state index contributed by atoms with van der Waals surface area (Å²) in [6, 6.07) is 0.977. The van der Waals surface area contributed by atoms with Gasteiger partial charge in [-0.25, -0.2) is 0 Å². The first-order chi connectivity index (χ1) is 7.77. The molecule has 110 valence electrons. The van der Waals surface area contributed by atoms with E-state index < -0.39 is 0 Å². The van der Waals surface area contributed by atoms with Crippen LogP contribution in [-0.4, -0.2) is 43.2 Å². The molecule has 2 unspecified atom stereocenters. The fourth-order valence-electron chi connectivity index (χ4n) is 3.23. The van der Waals surface area contributed by atoms with E-state index in [2.05, 4.69) is 17.1 Å². The van der Waals surface area contributed by atoms with Gasteiger partial charge in [0.05, 0.1) is 0 Å². The van der Waals surface area contributed by atoms with Crippen LogP contribution in [0.2, 0.25) is 0 Å². The van der Waals surface area contributed by atoms with E-state index in [0.29, 0.717) is 12.1 Å². The molecule has 2 atom stereocenters. The molecule has 3 nitrogen and oxygen atoms in total. The van der Waals surface area contributed by atoms with Crippen molar-refractivity contribution < 1.29 is 0 Å². The second kappa shape index (κ2) is 9.38. The monoisotopic (exact) mass is 297 g/mol. The Balaban J connectivity index is 0.00000144. The maximum absolute atomic E-state index is 6.11. The zero-order chi connectivity index (χ0) is 11.4. The van der Waals surface area contributed by atoms with Crippen LogP contribution in [0.4, 0.5) is 0 Å². The van der Waals surface area contributed by atoms with Crippen LogP contribution in [0.1, 0.15) is 39.0 Å².